The molecule has 0 aromatic carbocycles. The lowest BCUT2D eigenvalue weighted by molar-refractivity contribution is -0.327. The third-order valence-corrected chi connectivity index (χ3v) is 1.69. The molecule has 0 amide bonds. The zero-order valence-corrected chi connectivity index (χ0v) is 6.45. The Balaban J connectivity index is 2.54. The van der Waals surface area contributed by atoms with Crippen molar-refractivity contribution in [3.05, 3.63) is 11.8 Å². The molecule has 0 saturated carbocycles. The maximum absolute atomic E-state index is 10.6. The summed E-state index contributed by atoms with van der Waals surface area (Å²) in [6.07, 6.45) is 1.05. The molecular formula is C7H10NO4+. The van der Waals surface area contributed by atoms with Crippen LogP contribution in [0.1, 0.15) is 0 Å². The second-order valence-electron chi connectivity index (χ2n) is 2.62. The Hall–Kier alpha value is -1.20. The summed E-state index contributed by atoms with van der Waals surface area (Å²) in [6, 6.07) is 0. The molecule has 0 aromatic rings. The number of ketones is 1. The van der Waals surface area contributed by atoms with Crippen molar-refractivity contribution < 1.29 is 25.2 Å². The fourth-order valence-electron chi connectivity index (χ4n) is 0.798. The van der Waals surface area contributed by atoms with Crippen LogP contribution in [0.25, 0.3) is 0 Å². The topological polar surface area (TPSA) is 91.2 Å². The number of rotatable bonds is 3. The summed E-state index contributed by atoms with van der Waals surface area (Å²) in [5.74, 6) is -2.25. The molecule has 0 unspecified atom stereocenters. The molecule has 5 nitrogen and oxygen atoms in total. The Labute approximate surface area is 68.8 Å². The third kappa shape index (κ3) is 1.90. The minimum Gasteiger partial charge on any atom is -0.475 e. The molecule has 12 heavy (non-hydrogen) atoms. The monoisotopic (exact) mass is 172 g/mol. The van der Waals surface area contributed by atoms with Crippen LogP contribution in [0.2, 0.25) is 0 Å². The zero-order chi connectivity index (χ0) is 9.14. The van der Waals surface area contributed by atoms with Crippen LogP contribution < -0.4 is 5.73 Å². The van der Waals surface area contributed by atoms with Gasteiger partial charge in [0.15, 0.2) is 0 Å². The molecule has 0 radical (unpaired) electrons. The van der Waals surface area contributed by atoms with Crippen LogP contribution in [0.4, 0.5) is 0 Å². The third-order valence-electron chi connectivity index (χ3n) is 1.69. The van der Waals surface area contributed by atoms with Gasteiger partial charge in [-0.25, -0.2) is 4.79 Å². The Bertz CT molecular complexity index is 242. The number of quaternary nitrogens is 1. The van der Waals surface area contributed by atoms with Crippen LogP contribution >= 0.6 is 0 Å². The van der Waals surface area contributed by atoms with Gasteiger partial charge in [-0.15, -0.1) is 0 Å². The maximum atomic E-state index is 10.6. The molecule has 1 saturated heterocycles. The highest BCUT2D eigenvalue weighted by molar-refractivity contribution is 6.37. The number of carboxylic acid groups (broad SMARTS) is 1. The van der Waals surface area contributed by atoms with E-state index in [-0.39, 0.29) is 5.92 Å². The molecule has 0 atom stereocenters. The first-order valence-electron chi connectivity index (χ1n) is 3.50. The van der Waals surface area contributed by atoms with E-state index in [0.717, 1.165) is 6.08 Å². The van der Waals surface area contributed by atoms with Crippen LogP contribution in [0.3, 0.4) is 0 Å². The number of carboxylic acids is 1. The van der Waals surface area contributed by atoms with E-state index in [2.05, 4.69) is 5.73 Å². The van der Waals surface area contributed by atoms with Gasteiger partial charge >= 0.3 is 5.97 Å². The fourth-order valence-corrected chi connectivity index (χ4v) is 0.798. The fraction of sp³-hybridized carbons (Fsp3) is 0.429. The molecular weight excluding hydrogens is 162 g/mol. The van der Waals surface area contributed by atoms with Gasteiger partial charge in [0.05, 0.1) is 25.2 Å². The lowest BCUT2D eigenvalue weighted by atomic mass is 10.0. The number of carbonyl (C=O) groups is 2. The van der Waals surface area contributed by atoms with E-state index in [1.807, 2.05) is 0 Å². The van der Waals surface area contributed by atoms with E-state index >= 15 is 0 Å². The van der Waals surface area contributed by atoms with E-state index in [4.69, 9.17) is 9.84 Å². The van der Waals surface area contributed by atoms with Crippen LogP contribution in [0.15, 0.2) is 11.8 Å². The molecule has 0 spiro atoms. The van der Waals surface area contributed by atoms with Gasteiger partial charge in [-0.2, -0.15) is 0 Å². The quantitative estimate of drug-likeness (QED) is 0.396. The highest BCUT2D eigenvalue weighted by Gasteiger charge is 2.25. The summed E-state index contributed by atoms with van der Waals surface area (Å²) in [4.78, 5) is 20.8. The summed E-state index contributed by atoms with van der Waals surface area (Å²) in [6.45, 7) is 1.06. The Morgan fingerprint density at radius 2 is 2.08 bits per heavy atom. The highest BCUT2D eigenvalue weighted by atomic mass is 16.5. The predicted molar refractivity (Wildman–Crippen MR) is 37.9 cm³/mol. The van der Waals surface area contributed by atoms with Crippen molar-refractivity contribution in [1.29, 1.82) is 0 Å². The average molecular weight is 172 g/mol. The number of aliphatic carboxylic acids is 1. The van der Waals surface area contributed by atoms with Crippen molar-refractivity contribution in [1.82, 2.24) is 0 Å². The first kappa shape index (κ1) is 8.89. The highest BCUT2D eigenvalue weighted by Crippen LogP contribution is 2.14. The predicted octanol–water partition coefficient (Wildman–Crippen LogP) is -1.59. The molecule has 5 heteroatoms. The van der Waals surface area contributed by atoms with Crippen molar-refractivity contribution in [2.45, 2.75) is 0 Å². The molecule has 66 valence electrons. The normalized spacial score (nSPS) is 18.6. The smallest absolute Gasteiger partial charge is 0.376 e. The van der Waals surface area contributed by atoms with Crippen LogP contribution in [-0.2, 0) is 14.3 Å². The molecule has 0 aromatic heterocycles. The summed E-state index contributed by atoms with van der Waals surface area (Å²) < 4.78 is 4.86. The minimum atomic E-state index is -1.45. The minimum absolute atomic E-state index is 0.119. The lowest BCUT2D eigenvalue weighted by Gasteiger charge is -2.23. The van der Waals surface area contributed by atoms with E-state index in [1.165, 1.54) is 0 Å². The van der Waals surface area contributed by atoms with E-state index in [1.54, 1.807) is 0 Å². The van der Waals surface area contributed by atoms with E-state index < -0.39 is 11.8 Å². The van der Waals surface area contributed by atoms with Crippen LogP contribution in [-0.4, -0.2) is 30.1 Å². The zero-order valence-electron chi connectivity index (χ0n) is 6.45. The van der Waals surface area contributed by atoms with Crippen molar-refractivity contribution >= 4 is 11.8 Å². The largest absolute Gasteiger partial charge is 0.475 e. The number of ether oxygens (including phenoxy) is 1. The molecule has 0 aliphatic carbocycles. The Morgan fingerprint density at radius 1 is 1.50 bits per heavy atom. The lowest BCUT2D eigenvalue weighted by Crippen LogP contribution is -2.55. The Kier molecular flexibility index (Phi) is 2.57. The van der Waals surface area contributed by atoms with Gasteiger partial charge < -0.3 is 15.6 Å². The van der Waals surface area contributed by atoms with Crippen LogP contribution in [0, 0.1) is 5.92 Å². The van der Waals surface area contributed by atoms with E-state index in [0.29, 0.717) is 18.9 Å². The van der Waals surface area contributed by atoms with Crippen molar-refractivity contribution in [2.75, 3.05) is 13.2 Å². The van der Waals surface area contributed by atoms with Gasteiger partial charge in [-0.1, -0.05) is 0 Å². The van der Waals surface area contributed by atoms with Crippen molar-refractivity contribution in [2.24, 2.45) is 5.92 Å². The number of carbonyl (C=O) groups excluding carboxylic acids is 1. The van der Waals surface area contributed by atoms with Crippen LogP contribution in [0.5, 0.6) is 0 Å². The molecule has 1 aliphatic heterocycles. The first-order chi connectivity index (χ1) is 5.61. The number of hydrogen-bond acceptors (Lipinski definition) is 3. The molecule has 1 heterocycles. The van der Waals surface area contributed by atoms with E-state index in [9.17, 15) is 9.59 Å². The van der Waals surface area contributed by atoms with Crippen molar-refractivity contribution in [3.63, 3.8) is 0 Å². The van der Waals surface area contributed by atoms with Gasteiger partial charge in [-0.05, 0) is 0 Å². The van der Waals surface area contributed by atoms with Gasteiger partial charge in [-0.3, -0.25) is 4.79 Å². The Morgan fingerprint density at radius 3 is 2.42 bits per heavy atom. The molecule has 1 fully saturated rings. The van der Waals surface area contributed by atoms with Gasteiger partial charge in [0.1, 0.15) is 5.70 Å². The standard InChI is InChI=1S/C7H9NO4/c8-5(4-2-12-3-4)1-6(9)7(10)11/h1,4H,2-3,8H2,(H,10,11)/p+1. The first-order valence-corrected chi connectivity index (χ1v) is 3.50. The average Bonchev–Trinajstić information content (AvgIpc) is 1.82. The van der Waals surface area contributed by atoms with Gasteiger partial charge in [0, 0.05) is 0 Å². The maximum Gasteiger partial charge on any atom is 0.376 e. The summed E-state index contributed by atoms with van der Waals surface area (Å²) in [5, 5.41) is 8.25. The second kappa shape index (κ2) is 3.46. The van der Waals surface area contributed by atoms with Crippen molar-refractivity contribution in [3.8, 4) is 0 Å². The number of hydrogen-bond donors (Lipinski definition) is 2. The molecule has 1 rings (SSSR count). The summed E-state index contributed by atoms with van der Waals surface area (Å²) in [5.41, 5.74) is 4.12. The van der Waals surface area contributed by atoms with Gasteiger partial charge in [0.25, 0.3) is 5.78 Å². The molecule has 0 bridgehead atoms. The second-order valence-corrected chi connectivity index (χ2v) is 2.62. The summed E-state index contributed by atoms with van der Waals surface area (Å²) >= 11 is 0. The molecule has 1 aliphatic rings. The molecule has 4 N–H and O–H groups in total. The van der Waals surface area contributed by atoms with Gasteiger partial charge in [0.2, 0.25) is 0 Å². The summed E-state index contributed by atoms with van der Waals surface area (Å²) in [7, 11) is 0. The SMILES string of the molecule is [NH3+]C(=CC(=O)C(=O)O)C1COC1.